The predicted molar refractivity (Wildman–Crippen MR) is 97.3 cm³/mol. The van der Waals surface area contributed by atoms with E-state index < -0.39 is 0 Å². The number of hydrogen-bond acceptors (Lipinski definition) is 4. The number of fused-ring (bicyclic) bond motifs is 3. The summed E-state index contributed by atoms with van der Waals surface area (Å²) in [6.07, 6.45) is 1.74. The van der Waals surface area contributed by atoms with E-state index in [1.54, 1.807) is 18.2 Å². The van der Waals surface area contributed by atoms with Gasteiger partial charge in [-0.3, -0.25) is 10.1 Å². The van der Waals surface area contributed by atoms with Crippen LogP contribution in [0.3, 0.4) is 0 Å². The number of non-ortho nitro benzene ring substituents is 1. The van der Waals surface area contributed by atoms with Crippen molar-refractivity contribution in [2.45, 2.75) is 25.0 Å². The van der Waals surface area contributed by atoms with E-state index in [9.17, 15) is 10.1 Å². The fourth-order valence-electron chi connectivity index (χ4n) is 3.83. The van der Waals surface area contributed by atoms with Gasteiger partial charge in [-0.05, 0) is 36.6 Å². The zero-order valence-corrected chi connectivity index (χ0v) is 14.8. The first-order valence-electron chi connectivity index (χ1n) is 8.16. The van der Waals surface area contributed by atoms with E-state index in [0.29, 0.717) is 16.7 Å². The van der Waals surface area contributed by atoms with E-state index >= 15 is 0 Å². The Hall–Kier alpha value is -1.82. The molecule has 25 heavy (non-hydrogen) atoms. The summed E-state index contributed by atoms with van der Waals surface area (Å²) in [4.78, 5) is 10.7. The Morgan fingerprint density at radius 3 is 2.76 bits per heavy atom. The van der Waals surface area contributed by atoms with E-state index in [4.69, 9.17) is 27.9 Å². The van der Waals surface area contributed by atoms with Gasteiger partial charge in [0.25, 0.3) is 5.69 Å². The molecule has 0 radical (unpaired) electrons. The Morgan fingerprint density at radius 2 is 2.00 bits per heavy atom. The van der Waals surface area contributed by atoms with Crippen LogP contribution in [0.25, 0.3) is 0 Å². The smallest absolute Gasteiger partial charge is 0.269 e. The largest absolute Gasteiger partial charge is 0.377 e. The second-order valence-electron chi connectivity index (χ2n) is 6.41. The van der Waals surface area contributed by atoms with Crippen molar-refractivity contribution in [3.63, 3.8) is 0 Å². The van der Waals surface area contributed by atoms with Crippen molar-refractivity contribution >= 4 is 34.6 Å². The van der Waals surface area contributed by atoms with Crippen LogP contribution < -0.4 is 5.32 Å². The summed E-state index contributed by atoms with van der Waals surface area (Å²) in [6, 6.07) is 10.4. The Balaban J connectivity index is 1.79. The molecule has 2 aromatic rings. The molecule has 0 amide bonds. The summed E-state index contributed by atoms with van der Waals surface area (Å²) in [6.45, 7) is 0.657. The van der Waals surface area contributed by atoms with Gasteiger partial charge in [-0.2, -0.15) is 0 Å². The standard InChI is InChI=1S/C18H16Cl2N2O3/c19-10-3-5-12(15(20)8-10)17-13-2-1-7-25-18(13)14-9-11(22(23)24)4-6-16(14)21-17/h3-6,8-9,13,17-18,21H,1-2,7H2/t13-,17+,18-/m1/s1. The first-order chi connectivity index (χ1) is 12.0. The fourth-order valence-corrected chi connectivity index (χ4v) is 4.36. The molecule has 2 heterocycles. The molecule has 1 fully saturated rings. The monoisotopic (exact) mass is 378 g/mol. The minimum atomic E-state index is -0.375. The van der Waals surface area contributed by atoms with E-state index in [1.165, 1.54) is 6.07 Å². The average Bonchev–Trinajstić information content (AvgIpc) is 2.61. The topological polar surface area (TPSA) is 64.4 Å². The van der Waals surface area contributed by atoms with Crippen LogP contribution in [0.15, 0.2) is 36.4 Å². The minimum Gasteiger partial charge on any atom is -0.377 e. The Morgan fingerprint density at radius 1 is 1.16 bits per heavy atom. The number of nitrogens with one attached hydrogen (secondary N) is 1. The summed E-state index contributed by atoms with van der Waals surface area (Å²) in [7, 11) is 0. The molecule has 2 aliphatic heterocycles. The highest BCUT2D eigenvalue weighted by Crippen LogP contribution is 2.50. The molecule has 0 spiro atoms. The maximum absolute atomic E-state index is 11.1. The Kier molecular flexibility index (Phi) is 4.31. The lowest BCUT2D eigenvalue weighted by Crippen LogP contribution is -2.36. The number of nitro benzene ring substituents is 1. The molecule has 1 N–H and O–H groups in total. The third-order valence-electron chi connectivity index (χ3n) is 4.96. The molecule has 130 valence electrons. The van der Waals surface area contributed by atoms with E-state index in [-0.39, 0.29) is 28.7 Å². The number of rotatable bonds is 2. The van der Waals surface area contributed by atoms with Gasteiger partial charge in [0.2, 0.25) is 0 Å². The van der Waals surface area contributed by atoms with Crippen molar-refractivity contribution in [2.75, 3.05) is 11.9 Å². The number of ether oxygens (including phenoxy) is 1. The zero-order chi connectivity index (χ0) is 17.6. The summed E-state index contributed by atoms with van der Waals surface area (Å²) in [5.41, 5.74) is 2.75. The molecule has 0 unspecified atom stereocenters. The minimum absolute atomic E-state index is 0.0241. The molecule has 2 aliphatic rings. The lowest BCUT2D eigenvalue weighted by atomic mass is 9.77. The highest BCUT2D eigenvalue weighted by atomic mass is 35.5. The maximum atomic E-state index is 11.1. The SMILES string of the molecule is O=[N+]([O-])c1ccc2c(c1)[C@@H]1OCCC[C@@H]1[C@H](c1ccc(Cl)cc1Cl)N2. The van der Waals surface area contributed by atoms with Crippen molar-refractivity contribution in [3.05, 3.63) is 67.7 Å². The number of anilines is 1. The summed E-state index contributed by atoms with van der Waals surface area (Å²) >= 11 is 12.5. The first kappa shape index (κ1) is 16.6. The first-order valence-corrected chi connectivity index (χ1v) is 8.91. The predicted octanol–water partition coefficient (Wildman–Crippen LogP) is 5.54. The third-order valence-corrected chi connectivity index (χ3v) is 5.52. The summed E-state index contributed by atoms with van der Waals surface area (Å²) < 4.78 is 6.03. The number of halogens is 2. The van der Waals surface area contributed by atoms with Gasteiger partial charge < -0.3 is 10.1 Å². The lowest BCUT2D eigenvalue weighted by Gasteiger charge is -2.43. The van der Waals surface area contributed by atoms with Crippen molar-refractivity contribution in [1.82, 2.24) is 0 Å². The van der Waals surface area contributed by atoms with Gasteiger partial charge in [-0.15, -0.1) is 0 Å². The molecule has 0 saturated carbocycles. The fraction of sp³-hybridized carbons (Fsp3) is 0.333. The molecule has 1 saturated heterocycles. The van der Waals surface area contributed by atoms with Crippen LogP contribution in [0.4, 0.5) is 11.4 Å². The van der Waals surface area contributed by atoms with Gasteiger partial charge in [0.05, 0.1) is 17.1 Å². The second-order valence-corrected chi connectivity index (χ2v) is 7.26. The van der Waals surface area contributed by atoms with Crippen molar-refractivity contribution in [1.29, 1.82) is 0 Å². The van der Waals surface area contributed by atoms with Crippen LogP contribution in [0.1, 0.15) is 36.1 Å². The van der Waals surface area contributed by atoms with Crippen molar-refractivity contribution < 1.29 is 9.66 Å². The third kappa shape index (κ3) is 2.97. The van der Waals surface area contributed by atoms with E-state index in [1.807, 2.05) is 12.1 Å². The van der Waals surface area contributed by atoms with Crippen molar-refractivity contribution in [3.8, 4) is 0 Å². The molecular formula is C18H16Cl2N2O3. The molecule has 0 bridgehead atoms. The Bertz CT molecular complexity index is 843. The van der Waals surface area contributed by atoms with Crippen LogP contribution in [0, 0.1) is 16.0 Å². The number of nitro groups is 1. The quantitative estimate of drug-likeness (QED) is 0.550. The van der Waals surface area contributed by atoms with Crippen LogP contribution in [0.2, 0.25) is 10.0 Å². The van der Waals surface area contributed by atoms with Gasteiger partial charge in [0.15, 0.2) is 0 Å². The van der Waals surface area contributed by atoms with Gasteiger partial charge in [-0.1, -0.05) is 29.3 Å². The van der Waals surface area contributed by atoms with Gasteiger partial charge >= 0.3 is 0 Å². The summed E-state index contributed by atoms with van der Waals surface area (Å²) in [5, 5.41) is 15.8. The maximum Gasteiger partial charge on any atom is 0.269 e. The zero-order valence-electron chi connectivity index (χ0n) is 13.2. The molecule has 2 aromatic carbocycles. The van der Waals surface area contributed by atoms with Gasteiger partial charge in [0.1, 0.15) is 0 Å². The number of hydrogen-bond donors (Lipinski definition) is 1. The second kappa shape index (κ2) is 6.48. The molecule has 0 aromatic heterocycles. The van der Waals surface area contributed by atoms with Gasteiger partial charge in [-0.25, -0.2) is 0 Å². The number of nitrogens with zero attached hydrogens (tertiary/aromatic N) is 1. The molecule has 7 heteroatoms. The number of benzene rings is 2. The van der Waals surface area contributed by atoms with Crippen LogP contribution in [-0.2, 0) is 4.74 Å². The van der Waals surface area contributed by atoms with E-state index in [0.717, 1.165) is 29.7 Å². The Labute approximate surface area is 155 Å². The van der Waals surface area contributed by atoms with Crippen LogP contribution >= 0.6 is 23.2 Å². The van der Waals surface area contributed by atoms with Gasteiger partial charge in [0, 0.05) is 46.0 Å². The molecule has 4 rings (SSSR count). The normalized spacial score (nSPS) is 24.8. The van der Waals surface area contributed by atoms with Crippen molar-refractivity contribution in [2.24, 2.45) is 5.92 Å². The van der Waals surface area contributed by atoms with Crippen LogP contribution in [0.5, 0.6) is 0 Å². The lowest BCUT2D eigenvalue weighted by molar-refractivity contribution is -0.385. The summed E-state index contributed by atoms with van der Waals surface area (Å²) in [5.74, 6) is 0.155. The molecule has 0 aliphatic carbocycles. The molecule has 5 nitrogen and oxygen atoms in total. The average molecular weight is 379 g/mol. The highest BCUT2D eigenvalue weighted by molar-refractivity contribution is 6.35. The van der Waals surface area contributed by atoms with E-state index in [2.05, 4.69) is 5.32 Å². The molecular weight excluding hydrogens is 363 g/mol. The highest BCUT2D eigenvalue weighted by Gasteiger charge is 2.41. The van der Waals surface area contributed by atoms with Crippen LogP contribution in [-0.4, -0.2) is 11.5 Å². The molecule has 3 atom stereocenters.